The lowest BCUT2D eigenvalue weighted by Crippen LogP contribution is -1.99. The standard InChI is InChI=1S/C12H13BrN2S/c1-8-3-4-10(5-11(8)13)14-6-12-9(2)15-7-16-12/h3-5,7,14H,6H2,1-2H3. The van der Waals surface area contributed by atoms with Gasteiger partial charge in [-0.05, 0) is 31.5 Å². The SMILES string of the molecule is Cc1ccc(NCc2scnc2C)cc1Br. The van der Waals surface area contributed by atoms with E-state index in [1.54, 1.807) is 11.3 Å². The van der Waals surface area contributed by atoms with E-state index < -0.39 is 0 Å². The summed E-state index contributed by atoms with van der Waals surface area (Å²) >= 11 is 5.22. The Morgan fingerprint density at radius 3 is 2.81 bits per heavy atom. The Kier molecular flexibility index (Phi) is 3.61. The number of benzene rings is 1. The lowest BCUT2D eigenvalue weighted by molar-refractivity contribution is 1.12. The first-order chi connectivity index (χ1) is 7.66. The third kappa shape index (κ3) is 2.62. The molecule has 2 aromatic rings. The first-order valence-corrected chi connectivity index (χ1v) is 6.73. The second-order valence-electron chi connectivity index (χ2n) is 3.68. The van der Waals surface area contributed by atoms with Gasteiger partial charge in [0.1, 0.15) is 0 Å². The van der Waals surface area contributed by atoms with Gasteiger partial charge < -0.3 is 5.32 Å². The molecule has 0 aliphatic heterocycles. The molecule has 0 fully saturated rings. The van der Waals surface area contributed by atoms with E-state index in [0.29, 0.717) is 0 Å². The smallest absolute Gasteiger partial charge is 0.0798 e. The van der Waals surface area contributed by atoms with Gasteiger partial charge in [-0.25, -0.2) is 4.98 Å². The fraction of sp³-hybridized carbons (Fsp3) is 0.250. The highest BCUT2D eigenvalue weighted by Gasteiger charge is 2.01. The summed E-state index contributed by atoms with van der Waals surface area (Å²) in [5, 5.41) is 3.40. The average molecular weight is 297 g/mol. The van der Waals surface area contributed by atoms with Crippen molar-refractivity contribution in [3.63, 3.8) is 0 Å². The molecule has 16 heavy (non-hydrogen) atoms. The number of nitrogens with one attached hydrogen (secondary N) is 1. The summed E-state index contributed by atoms with van der Waals surface area (Å²) < 4.78 is 1.14. The molecule has 0 aliphatic carbocycles. The number of rotatable bonds is 3. The number of hydrogen-bond acceptors (Lipinski definition) is 3. The predicted octanol–water partition coefficient (Wildman–Crippen LogP) is 4.13. The molecule has 0 spiro atoms. The Morgan fingerprint density at radius 1 is 1.38 bits per heavy atom. The van der Waals surface area contributed by atoms with Crippen molar-refractivity contribution in [2.45, 2.75) is 20.4 Å². The van der Waals surface area contributed by atoms with Crippen molar-refractivity contribution in [1.82, 2.24) is 4.98 Å². The Labute approximate surface area is 108 Å². The van der Waals surface area contributed by atoms with Crippen LogP contribution in [0, 0.1) is 13.8 Å². The van der Waals surface area contributed by atoms with Gasteiger partial charge in [0, 0.05) is 15.0 Å². The van der Waals surface area contributed by atoms with Crippen LogP contribution in [0.15, 0.2) is 28.2 Å². The summed E-state index contributed by atoms with van der Waals surface area (Å²) in [4.78, 5) is 5.52. The van der Waals surface area contributed by atoms with E-state index in [1.165, 1.54) is 10.4 Å². The average Bonchev–Trinajstić information content (AvgIpc) is 2.66. The molecule has 1 aromatic carbocycles. The van der Waals surface area contributed by atoms with Gasteiger partial charge in [-0.1, -0.05) is 22.0 Å². The molecule has 4 heteroatoms. The normalized spacial score (nSPS) is 10.4. The third-order valence-corrected chi connectivity index (χ3v) is 4.26. The molecule has 2 nitrogen and oxygen atoms in total. The van der Waals surface area contributed by atoms with Crippen molar-refractivity contribution in [2.75, 3.05) is 5.32 Å². The summed E-state index contributed by atoms with van der Waals surface area (Å²) in [7, 11) is 0. The molecule has 0 radical (unpaired) electrons. The van der Waals surface area contributed by atoms with Gasteiger partial charge in [-0.2, -0.15) is 0 Å². The van der Waals surface area contributed by atoms with Crippen LogP contribution in [-0.4, -0.2) is 4.98 Å². The van der Waals surface area contributed by atoms with Crippen LogP contribution in [-0.2, 0) is 6.54 Å². The molecule has 0 saturated heterocycles. The van der Waals surface area contributed by atoms with Gasteiger partial charge in [0.05, 0.1) is 17.7 Å². The number of aromatic nitrogens is 1. The molecule has 1 N–H and O–H groups in total. The first-order valence-electron chi connectivity index (χ1n) is 5.06. The van der Waals surface area contributed by atoms with E-state index in [0.717, 1.165) is 22.4 Å². The van der Waals surface area contributed by atoms with Gasteiger partial charge in [0.25, 0.3) is 0 Å². The molecule has 84 valence electrons. The molecule has 0 saturated carbocycles. The highest BCUT2D eigenvalue weighted by molar-refractivity contribution is 9.10. The fourth-order valence-corrected chi connectivity index (χ4v) is 2.48. The molecule has 0 unspecified atom stereocenters. The Morgan fingerprint density at radius 2 is 2.19 bits per heavy atom. The molecule has 0 atom stereocenters. The van der Waals surface area contributed by atoms with Crippen molar-refractivity contribution >= 4 is 33.0 Å². The largest absolute Gasteiger partial charge is 0.380 e. The predicted molar refractivity (Wildman–Crippen MR) is 73.1 cm³/mol. The molecule has 0 amide bonds. The second-order valence-corrected chi connectivity index (χ2v) is 5.47. The zero-order valence-corrected chi connectivity index (χ0v) is 11.7. The summed E-state index contributed by atoms with van der Waals surface area (Å²) in [6, 6.07) is 6.30. The summed E-state index contributed by atoms with van der Waals surface area (Å²) in [6.07, 6.45) is 0. The van der Waals surface area contributed by atoms with Crippen LogP contribution in [0.2, 0.25) is 0 Å². The van der Waals surface area contributed by atoms with Crippen molar-refractivity contribution in [3.05, 3.63) is 44.3 Å². The summed E-state index contributed by atoms with van der Waals surface area (Å²) in [5.74, 6) is 0. The Balaban J connectivity index is 2.05. The molecule has 1 heterocycles. The van der Waals surface area contributed by atoms with Crippen LogP contribution in [0.25, 0.3) is 0 Å². The van der Waals surface area contributed by atoms with Gasteiger partial charge in [0.15, 0.2) is 0 Å². The highest BCUT2D eigenvalue weighted by atomic mass is 79.9. The van der Waals surface area contributed by atoms with E-state index in [1.807, 2.05) is 12.4 Å². The van der Waals surface area contributed by atoms with Crippen LogP contribution in [0.3, 0.4) is 0 Å². The number of halogens is 1. The number of anilines is 1. The number of aryl methyl sites for hydroxylation is 2. The maximum Gasteiger partial charge on any atom is 0.0798 e. The maximum atomic E-state index is 4.23. The summed E-state index contributed by atoms with van der Waals surface area (Å²) in [5.41, 5.74) is 5.38. The molecule has 0 aliphatic rings. The van der Waals surface area contributed by atoms with Crippen LogP contribution in [0.5, 0.6) is 0 Å². The van der Waals surface area contributed by atoms with Gasteiger partial charge in [-0.15, -0.1) is 11.3 Å². The lowest BCUT2D eigenvalue weighted by atomic mass is 10.2. The van der Waals surface area contributed by atoms with E-state index in [9.17, 15) is 0 Å². The Bertz CT molecular complexity index is 494. The number of nitrogens with zero attached hydrogens (tertiary/aromatic N) is 1. The van der Waals surface area contributed by atoms with Crippen molar-refractivity contribution in [3.8, 4) is 0 Å². The maximum absolute atomic E-state index is 4.23. The minimum Gasteiger partial charge on any atom is -0.380 e. The van der Waals surface area contributed by atoms with Crippen LogP contribution in [0.1, 0.15) is 16.1 Å². The highest BCUT2D eigenvalue weighted by Crippen LogP contribution is 2.22. The van der Waals surface area contributed by atoms with E-state index in [4.69, 9.17) is 0 Å². The second kappa shape index (κ2) is 4.97. The zero-order chi connectivity index (χ0) is 11.5. The molecular formula is C12H13BrN2S. The Hall–Kier alpha value is -0.870. The quantitative estimate of drug-likeness (QED) is 0.921. The lowest BCUT2D eigenvalue weighted by Gasteiger charge is -2.07. The third-order valence-electron chi connectivity index (χ3n) is 2.47. The topological polar surface area (TPSA) is 24.9 Å². The fourth-order valence-electron chi connectivity index (χ4n) is 1.38. The van der Waals surface area contributed by atoms with Crippen molar-refractivity contribution in [1.29, 1.82) is 0 Å². The van der Waals surface area contributed by atoms with E-state index in [2.05, 4.69) is 51.4 Å². The van der Waals surface area contributed by atoms with Crippen LogP contribution >= 0.6 is 27.3 Å². The number of hydrogen-bond donors (Lipinski definition) is 1. The molecule has 2 rings (SSSR count). The monoisotopic (exact) mass is 296 g/mol. The van der Waals surface area contributed by atoms with Gasteiger partial charge in [0.2, 0.25) is 0 Å². The van der Waals surface area contributed by atoms with Crippen molar-refractivity contribution < 1.29 is 0 Å². The van der Waals surface area contributed by atoms with E-state index in [-0.39, 0.29) is 0 Å². The minimum atomic E-state index is 0.839. The van der Waals surface area contributed by atoms with Crippen LogP contribution < -0.4 is 5.32 Å². The first kappa shape index (κ1) is 11.6. The zero-order valence-electron chi connectivity index (χ0n) is 9.25. The molecule has 0 bridgehead atoms. The van der Waals surface area contributed by atoms with E-state index >= 15 is 0 Å². The van der Waals surface area contributed by atoms with Crippen LogP contribution in [0.4, 0.5) is 5.69 Å². The number of thiazole rings is 1. The minimum absolute atomic E-state index is 0.839. The van der Waals surface area contributed by atoms with Crippen molar-refractivity contribution in [2.24, 2.45) is 0 Å². The molecule has 1 aromatic heterocycles. The van der Waals surface area contributed by atoms with Gasteiger partial charge in [-0.3, -0.25) is 0 Å². The van der Waals surface area contributed by atoms with Gasteiger partial charge >= 0.3 is 0 Å². The summed E-state index contributed by atoms with van der Waals surface area (Å²) in [6.45, 7) is 4.96. The molecular weight excluding hydrogens is 284 g/mol.